The normalized spacial score (nSPS) is 27.7. The average Bonchev–Trinajstić information content (AvgIpc) is 3.23. The fourth-order valence-electron chi connectivity index (χ4n) is 3.60. The Morgan fingerprint density at radius 2 is 2.26 bits per heavy atom. The van der Waals surface area contributed by atoms with Crippen LogP contribution in [0.2, 0.25) is 0 Å². The Hall–Kier alpha value is -1.50. The maximum absolute atomic E-state index is 6.00. The van der Waals surface area contributed by atoms with Gasteiger partial charge in [0.25, 0.3) is 0 Å². The van der Waals surface area contributed by atoms with E-state index in [1.807, 2.05) is 29.8 Å². The Labute approximate surface area is 140 Å². The molecule has 0 spiro atoms. The monoisotopic (exact) mass is 331 g/mol. The molecule has 23 heavy (non-hydrogen) atoms. The molecule has 0 bridgehead atoms. The lowest BCUT2D eigenvalue weighted by Gasteiger charge is -2.37. The van der Waals surface area contributed by atoms with Crippen molar-refractivity contribution < 1.29 is 9.47 Å². The molecule has 0 amide bonds. The zero-order chi connectivity index (χ0) is 15.5. The number of thiazole rings is 1. The Balaban J connectivity index is 1.35. The largest absolute Gasteiger partial charge is 0.477 e. The number of hydrogen-bond donors (Lipinski definition) is 0. The lowest BCUT2D eigenvalue weighted by atomic mass is 10.1. The molecule has 0 aromatic carbocycles. The summed E-state index contributed by atoms with van der Waals surface area (Å²) >= 11 is 1.73. The van der Waals surface area contributed by atoms with Crippen molar-refractivity contribution in [3.8, 4) is 5.88 Å². The van der Waals surface area contributed by atoms with Crippen LogP contribution in [0.15, 0.2) is 36.0 Å². The summed E-state index contributed by atoms with van der Waals surface area (Å²) in [6.07, 6.45) is 6.19. The summed E-state index contributed by atoms with van der Waals surface area (Å²) in [5.41, 5.74) is 0. The molecule has 0 unspecified atom stereocenters. The fourth-order valence-corrected chi connectivity index (χ4v) is 4.24. The van der Waals surface area contributed by atoms with Crippen LogP contribution in [0.3, 0.4) is 0 Å². The van der Waals surface area contributed by atoms with Gasteiger partial charge in [-0.15, -0.1) is 11.3 Å². The molecule has 3 heterocycles. The van der Waals surface area contributed by atoms with Gasteiger partial charge >= 0.3 is 0 Å². The summed E-state index contributed by atoms with van der Waals surface area (Å²) < 4.78 is 11.8. The second kappa shape index (κ2) is 6.95. The number of fused-ring (bicyclic) bond motifs is 1. The number of hydrogen-bond acceptors (Lipinski definition) is 6. The number of nitrogens with zero attached hydrogens (tertiary/aromatic N) is 3. The molecule has 2 aromatic heterocycles. The molecule has 2 aliphatic rings. The molecule has 6 heteroatoms. The van der Waals surface area contributed by atoms with Gasteiger partial charge in [0.1, 0.15) is 5.01 Å². The van der Waals surface area contributed by atoms with E-state index in [4.69, 9.17) is 9.47 Å². The lowest BCUT2D eigenvalue weighted by Crippen LogP contribution is -2.47. The molecule has 4 rings (SSSR count). The summed E-state index contributed by atoms with van der Waals surface area (Å²) in [6, 6.07) is 6.26. The highest BCUT2D eigenvalue weighted by Crippen LogP contribution is 2.35. The number of morpholine rings is 1. The van der Waals surface area contributed by atoms with Gasteiger partial charge < -0.3 is 9.47 Å². The zero-order valence-corrected chi connectivity index (χ0v) is 13.8. The summed E-state index contributed by atoms with van der Waals surface area (Å²) in [6.45, 7) is 3.48. The summed E-state index contributed by atoms with van der Waals surface area (Å²) in [7, 11) is 0. The number of ether oxygens (including phenoxy) is 2. The summed E-state index contributed by atoms with van der Waals surface area (Å²) in [5.74, 6) is 1.24. The molecule has 122 valence electrons. The maximum atomic E-state index is 6.00. The van der Waals surface area contributed by atoms with Crippen LogP contribution in [0.4, 0.5) is 0 Å². The van der Waals surface area contributed by atoms with Crippen LogP contribution < -0.4 is 4.74 Å². The third-order valence-electron chi connectivity index (χ3n) is 4.68. The average molecular weight is 331 g/mol. The third-order valence-corrected chi connectivity index (χ3v) is 5.44. The van der Waals surface area contributed by atoms with Gasteiger partial charge in [0.2, 0.25) is 5.88 Å². The summed E-state index contributed by atoms with van der Waals surface area (Å²) in [4.78, 5) is 11.2. The highest BCUT2D eigenvalue weighted by Gasteiger charge is 2.41. The quantitative estimate of drug-likeness (QED) is 0.843. The molecule has 3 atom stereocenters. The van der Waals surface area contributed by atoms with Gasteiger partial charge in [0.15, 0.2) is 0 Å². The molecule has 1 aliphatic heterocycles. The standard InChI is InChI=1S/C17H21N3O2S/c1-2-4-18-16(3-1)22-12-13-9-14-15(10-13)21-7-6-20(14)11-17-19-5-8-23-17/h1-5,8,13-15H,6-7,9-12H2/t13-,14+,15-/m0/s1. The van der Waals surface area contributed by atoms with E-state index < -0.39 is 0 Å². The third kappa shape index (κ3) is 3.54. The Bertz CT molecular complexity index is 608. The van der Waals surface area contributed by atoms with E-state index in [2.05, 4.69) is 14.9 Å². The predicted octanol–water partition coefficient (Wildman–Crippen LogP) is 2.60. The topological polar surface area (TPSA) is 47.5 Å². The van der Waals surface area contributed by atoms with Crippen molar-refractivity contribution in [3.63, 3.8) is 0 Å². The smallest absolute Gasteiger partial charge is 0.213 e. The van der Waals surface area contributed by atoms with Crippen molar-refractivity contribution in [2.75, 3.05) is 19.8 Å². The van der Waals surface area contributed by atoms with Crippen LogP contribution in [0.1, 0.15) is 17.8 Å². The molecule has 1 aliphatic carbocycles. The van der Waals surface area contributed by atoms with Gasteiger partial charge in [-0.1, -0.05) is 6.07 Å². The van der Waals surface area contributed by atoms with Crippen molar-refractivity contribution in [1.29, 1.82) is 0 Å². The molecule has 1 saturated heterocycles. The number of pyridine rings is 1. The van der Waals surface area contributed by atoms with E-state index in [1.165, 1.54) is 5.01 Å². The van der Waals surface area contributed by atoms with E-state index >= 15 is 0 Å². The Kier molecular flexibility index (Phi) is 4.55. The van der Waals surface area contributed by atoms with E-state index in [0.29, 0.717) is 23.9 Å². The highest BCUT2D eigenvalue weighted by atomic mass is 32.1. The van der Waals surface area contributed by atoms with Gasteiger partial charge in [-0.25, -0.2) is 9.97 Å². The first kappa shape index (κ1) is 15.1. The van der Waals surface area contributed by atoms with Crippen LogP contribution in [-0.4, -0.2) is 46.8 Å². The van der Waals surface area contributed by atoms with E-state index in [-0.39, 0.29) is 0 Å². The number of rotatable bonds is 5. The molecular formula is C17H21N3O2S. The van der Waals surface area contributed by atoms with E-state index in [0.717, 1.165) is 39.1 Å². The Morgan fingerprint density at radius 3 is 3.09 bits per heavy atom. The first-order chi connectivity index (χ1) is 11.4. The molecule has 0 radical (unpaired) electrons. The molecule has 2 fully saturated rings. The molecule has 5 nitrogen and oxygen atoms in total. The van der Waals surface area contributed by atoms with Crippen LogP contribution >= 0.6 is 11.3 Å². The van der Waals surface area contributed by atoms with Crippen LogP contribution in [-0.2, 0) is 11.3 Å². The van der Waals surface area contributed by atoms with Gasteiger partial charge in [-0.3, -0.25) is 4.90 Å². The van der Waals surface area contributed by atoms with Crippen molar-refractivity contribution in [2.24, 2.45) is 5.92 Å². The molecule has 2 aromatic rings. The van der Waals surface area contributed by atoms with Crippen molar-refractivity contribution in [1.82, 2.24) is 14.9 Å². The highest BCUT2D eigenvalue weighted by molar-refractivity contribution is 7.09. The first-order valence-electron chi connectivity index (χ1n) is 8.16. The van der Waals surface area contributed by atoms with Gasteiger partial charge in [-0.05, 0) is 24.8 Å². The van der Waals surface area contributed by atoms with Gasteiger partial charge in [-0.2, -0.15) is 0 Å². The summed E-state index contributed by atoms with van der Waals surface area (Å²) in [5, 5.41) is 3.24. The molecule has 0 N–H and O–H groups in total. The van der Waals surface area contributed by atoms with Crippen LogP contribution in [0, 0.1) is 5.92 Å². The first-order valence-corrected chi connectivity index (χ1v) is 9.04. The van der Waals surface area contributed by atoms with E-state index in [1.54, 1.807) is 17.5 Å². The lowest BCUT2D eigenvalue weighted by molar-refractivity contribution is -0.0590. The van der Waals surface area contributed by atoms with Crippen molar-refractivity contribution in [2.45, 2.75) is 31.5 Å². The van der Waals surface area contributed by atoms with Gasteiger partial charge in [0.05, 0.1) is 25.9 Å². The second-order valence-electron chi connectivity index (χ2n) is 6.19. The van der Waals surface area contributed by atoms with Crippen molar-refractivity contribution >= 4 is 11.3 Å². The Morgan fingerprint density at radius 1 is 1.26 bits per heavy atom. The SMILES string of the molecule is c1ccc(OC[C@@H]2C[C@@H]3OCCN(Cc4nccs4)[C@@H]3C2)nc1. The van der Waals surface area contributed by atoms with Crippen LogP contribution in [0.5, 0.6) is 5.88 Å². The van der Waals surface area contributed by atoms with Crippen LogP contribution in [0.25, 0.3) is 0 Å². The zero-order valence-electron chi connectivity index (χ0n) is 13.0. The fraction of sp³-hybridized carbons (Fsp3) is 0.529. The van der Waals surface area contributed by atoms with E-state index in [9.17, 15) is 0 Å². The minimum absolute atomic E-state index is 0.334. The minimum atomic E-state index is 0.334. The predicted molar refractivity (Wildman–Crippen MR) is 88.5 cm³/mol. The number of aromatic nitrogens is 2. The second-order valence-corrected chi connectivity index (χ2v) is 7.17. The molecular weight excluding hydrogens is 310 g/mol. The van der Waals surface area contributed by atoms with Crippen molar-refractivity contribution in [3.05, 3.63) is 41.0 Å². The molecule has 1 saturated carbocycles. The minimum Gasteiger partial charge on any atom is -0.477 e. The maximum Gasteiger partial charge on any atom is 0.213 e. The van der Waals surface area contributed by atoms with Gasteiger partial charge in [0, 0.05) is 36.4 Å².